The molecule has 0 bridgehead atoms. The summed E-state index contributed by atoms with van der Waals surface area (Å²) in [4.78, 5) is 11.9. The van der Waals surface area contributed by atoms with E-state index in [1.54, 1.807) is 19.2 Å². The molecule has 2 aromatic rings. The molecule has 5 heteroatoms. The molecule has 1 aromatic heterocycles. The van der Waals surface area contributed by atoms with E-state index in [0.717, 1.165) is 0 Å². The van der Waals surface area contributed by atoms with Crippen molar-refractivity contribution >= 4 is 17.4 Å². The number of hydrogen-bond acceptors (Lipinski definition) is 2. The van der Waals surface area contributed by atoms with Gasteiger partial charge in [-0.1, -0.05) is 17.7 Å². The molecule has 0 aliphatic heterocycles. The standard InChI is InChI=1S/C12H10ClFN2O/c1-16-11(5-6-15-16)12(17)7-8-9(13)3-2-4-10(8)14/h2-6H,7H2,1H3. The summed E-state index contributed by atoms with van der Waals surface area (Å²) in [5.74, 6) is -0.676. The van der Waals surface area contributed by atoms with E-state index in [4.69, 9.17) is 11.6 Å². The first-order valence-corrected chi connectivity index (χ1v) is 5.41. The molecule has 0 amide bonds. The largest absolute Gasteiger partial charge is 0.292 e. The molecule has 0 aliphatic rings. The third-order valence-corrected chi connectivity index (χ3v) is 2.86. The van der Waals surface area contributed by atoms with Gasteiger partial charge in [0.2, 0.25) is 0 Å². The summed E-state index contributed by atoms with van der Waals surface area (Å²) in [5, 5.41) is 4.16. The molecule has 0 fully saturated rings. The number of Topliss-reactive ketones (excluding diaryl/α,β-unsaturated/α-hetero) is 1. The van der Waals surface area contributed by atoms with E-state index < -0.39 is 5.82 Å². The highest BCUT2D eigenvalue weighted by atomic mass is 35.5. The molecule has 88 valence electrons. The Hall–Kier alpha value is -1.68. The minimum absolute atomic E-state index is 0.0644. The number of rotatable bonds is 3. The van der Waals surface area contributed by atoms with Crippen LogP contribution in [0, 0.1) is 5.82 Å². The summed E-state index contributed by atoms with van der Waals surface area (Å²) in [6.45, 7) is 0. The normalized spacial score (nSPS) is 10.5. The first kappa shape index (κ1) is 11.8. The topological polar surface area (TPSA) is 34.9 Å². The zero-order valence-electron chi connectivity index (χ0n) is 9.15. The summed E-state index contributed by atoms with van der Waals surface area (Å²) < 4.78 is 14.9. The Balaban J connectivity index is 2.28. The second kappa shape index (κ2) is 4.67. The smallest absolute Gasteiger partial charge is 0.185 e. The van der Waals surface area contributed by atoms with Crippen LogP contribution in [0.15, 0.2) is 30.5 Å². The predicted octanol–water partition coefficient (Wildman–Crippen LogP) is 2.64. The second-order valence-electron chi connectivity index (χ2n) is 3.64. The van der Waals surface area contributed by atoms with Gasteiger partial charge in [0.1, 0.15) is 11.5 Å². The lowest BCUT2D eigenvalue weighted by Gasteiger charge is -2.05. The molecule has 0 saturated carbocycles. The molecule has 0 unspecified atom stereocenters. The Bertz CT molecular complexity index is 545. The van der Waals surface area contributed by atoms with Crippen molar-refractivity contribution in [3.63, 3.8) is 0 Å². The van der Waals surface area contributed by atoms with Crippen LogP contribution in [0.4, 0.5) is 4.39 Å². The summed E-state index contributed by atoms with van der Waals surface area (Å²) in [6, 6.07) is 5.96. The van der Waals surface area contributed by atoms with Crippen molar-refractivity contribution in [1.82, 2.24) is 9.78 Å². The average Bonchev–Trinajstić information content (AvgIpc) is 2.70. The maximum Gasteiger partial charge on any atom is 0.185 e. The van der Waals surface area contributed by atoms with Gasteiger partial charge in [-0.05, 0) is 18.2 Å². The molecular weight excluding hydrogens is 243 g/mol. The van der Waals surface area contributed by atoms with Gasteiger partial charge in [0.05, 0.1) is 0 Å². The predicted molar refractivity (Wildman–Crippen MR) is 62.7 cm³/mol. The monoisotopic (exact) mass is 252 g/mol. The summed E-state index contributed by atoms with van der Waals surface area (Å²) in [7, 11) is 1.66. The number of benzene rings is 1. The van der Waals surface area contributed by atoms with Crippen LogP contribution in [0.3, 0.4) is 0 Å². The molecule has 0 atom stereocenters. The highest BCUT2D eigenvalue weighted by molar-refractivity contribution is 6.31. The van der Waals surface area contributed by atoms with E-state index >= 15 is 0 Å². The quantitative estimate of drug-likeness (QED) is 0.787. The van der Waals surface area contributed by atoms with Crippen molar-refractivity contribution in [2.75, 3.05) is 0 Å². The molecule has 2 rings (SSSR count). The number of aryl methyl sites for hydroxylation is 1. The van der Waals surface area contributed by atoms with Crippen molar-refractivity contribution in [2.24, 2.45) is 7.05 Å². The fourth-order valence-corrected chi connectivity index (χ4v) is 1.83. The molecule has 0 saturated heterocycles. The Labute approximate surface area is 103 Å². The third-order valence-electron chi connectivity index (χ3n) is 2.51. The molecule has 0 spiro atoms. The number of aromatic nitrogens is 2. The average molecular weight is 253 g/mol. The highest BCUT2D eigenvalue weighted by Crippen LogP contribution is 2.20. The SMILES string of the molecule is Cn1nccc1C(=O)Cc1c(F)cccc1Cl. The van der Waals surface area contributed by atoms with E-state index in [9.17, 15) is 9.18 Å². The fourth-order valence-electron chi connectivity index (χ4n) is 1.60. The summed E-state index contributed by atoms with van der Waals surface area (Å²) in [6.07, 6.45) is 1.46. The highest BCUT2D eigenvalue weighted by Gasteiger charge is 2.15. The number of hydrogen-bond donors (Lipinski definition) is 0. The third kappa shape index (κ3) is 2.36. The first-order valence-electron chi connectivity index (χ1n) is 5.03. The van der Waals surface area contributed by atoms with Gasteiger partial charge in [0, 0.05) is 30.3 Å². The van der Waals surface area contributed by atoms with Crippen LogP contribution in [-0.4, -0.2) is 15.6 Å². The number of nitrogens with zero attached hydrogens (tertiary/aromatic N) is 2. The minimum Gasteiger partial charge on any atom is -0.292 e. The van der Waals surface area contributed by atoms with Crippen LogP contribution in [0.1, 0.15) is 16.1 Å². The van der Waals surface area contributed by atoms with Gasteiger partial charge >= 0.3 is 0 Å². The fraction of sp³-hybridized carbons (Fsp3) is 0.167. The van der Waals surface area contributed by atoms with E-state index in [0.29, 0.717) is 5.69 Å². The Kier molecular flexibility index (Phi) is 3.24. The van der Waals surface area contributed by atoms with E-state index in [2.05, 4.69) is 5.10 Å². The van der Waals surface area contributed by atoms with Gasteiger partial charge in [0.25, 0.3) is 0 Å². The first-order chi connectivity index (χ1) is 8.09. The molecule has 0 N–H and O–H groups in total. The minimum atomic E-state index is -0.465. The van der Waals surface area contributed by atoms with Crippen LogP contribution in [0.25, 0.3) is 0 Å². The van der Waals surface area contributed by atoms with Crippen molar-refractivity contribution in [1.29, 1.82) is 0 Å². The van der Waals surface area contributed by atoms with Gasteiger partial charge in [-0.2, -0.15) is 5.10 Å². The van der Waals surface area contributed by atoms with E-state index in [1.807, 2.05) is 0 Å². The van der Waals surface area contributed by atoms with Crippen molar-refractivity contribution in [2.45, 2.75) is 6.42 Å². The molecule has 1 aromatic carbocycles. The van der Waals surface area contributed by atoms with Gasteiger partial charge in [-0.3, -0.25) is 9.48 Å². The van der Waals surface area contributed by atoms with E-state index in [-0.39, 0.29) is 22.8 Å². The number of carbonyl (C=O) groups excluding carboxylic acids is 1. The van der Waals surface area contributed by atoms with Crippen molar-refractivity contribution < 1.29 is 9.18 Å². The van der Waals surface area contributed by atoms with Crippen LogP contribution < -0.4 is 0 Å². The maximum absolute atomic E-state index is 13.5. The lowest BCUT2D eigenvalue weighted by molar-refractivity contribution is 0.0983. The maximum atomic E-state index is 13.5. The van der Waals surface area contributed by atoms with Crippen LogP contribution in [0.2, 0.25) is 5.02 Å². The molecule has 17 heavy (non-hydrogen) atoms. The molecule has 0 radical (unpaired) electrons. The number of ketones is 1. The van der Waals surface area contributed by atoms with Gasteiger partial charge < -0.3 is 0 Å². The van der Waals surface area contributed by atoms with Crippen molar-refractivity contribution in [3.05, 3.63) is 52.6 Å². The summed E-state index contributed by atoms with van der Waals surface area (Å²) in [5.41, 5.74) is 0.657. The number of carbonyl (C=O) groups is 1. The second-order valence-corrected chi connectivity index (χ2v) is 4.05. The lowest BCUT2D eigenvalue weighted by atomic mass is 10.1. The summed E-state index contributed by atoms with van der Waals surface area (Å²) >= 11 is 5.86. The molecule has 3 nitrogen and oxygen atoms in total. The van der Waals surface area contributed by atoms with E-state index in [1.165, 1.54) is 23.0 Å². The van der Waals surface area contributed by atoms with Crippen LogP contribution >= 0.6 is 11.6 Å². The zero-order chi connectivity index (χ0) is 12.4. The zero-order valence-corrected chi connectivity index (χ0v) is 9.91. The van der Waals surface area contributed by atoms with Crippen LogP contribution in [-0.2, 0) is 13.5 Å². The Morgan fingerprint density at radius 2 is 2.24 bits per heavy atom. The van der Waals surface area contributed by atoms with Gasteiger partial charge in [-0.25, -0.2) is 4.39 Å². The Morgan fingerprint density at radius 1 is 1.47 bits per heavy atom. The Morgan fingerprint density at radius 3 is 2.82 bits per heavy atom. The van der Waals surface area contributed by atoms with Crippen LogP contribution in [0.5, 0.6) is 0 Å². The molecule has 1 heterocycles. The lowest BCUT2D eigenvalue weighted by Crippen LogP contribution is -2.10. The van der Waals surface area contributed by atoms with Gasteiger partial charge in [-0.15, -0.1) is 0 Å². The molecule has 0 aliphatic carbocycles. The van der Waals surface area contributed by atoms with Crippen molar-refractivity contribution in [3.8, 4) is 0 Å². The number of halogens is 2. The van der Waals surface area contributed by atoms with Gasteiger partial charge in [0.15, 0.2) is 5.78 Å². The molecular formula is C12H10ClFN2O.